The Kier molecular flexibility index (Phi) is 5.97. The second-order valence-electron chi connectivity index (χ2n) is 9.55. The SMILES string of the molecule is CCN1CCC[C@H]1CN(Cc1ccc2c(c1)OCO2)C(=O)c1cc(C)nn1C(C)(C)C. The van der Waals surface area contributed by atoms with Gasteiger partial charge in [0.1, 0.15) is 5.69 Å². The van der Waals surface area contributed by atoms with Gasteiger partial charge in [-0.3, -0.25) is 14.4 Å². The van der Waals surface area contributed by atoms with Crippen molar-refractivity contribution in [2.75, 3.05) is 26.4 Å². The van der Waals surface area contributed by atoms with Gasteiger partial charge in [-0.1, -0.05) is 13.0 Å². The van der Waals surface area contributed by atoms with Crippen molar-refractivity contribution in [1.29, 1.82) is 0 Å². The van der Waals surface area contributed by atoms with Crippen LogP contribution in [-0.2, 0) is 12.1 Å². The minimum atomic E-state index is -0.271. The summed E-state index contributed by atoms with van der Waals surface area (Å²) in [5.74, 6) is 1.53. The van der Waals surface area contributed by atoms with Gasteiger partial charge >= 0.3 is 0 Å². The van der Waals surface area contributed by atoms with Crippen molar-refractivity contribution >= 4 is 5.91 Å². The molecule has 7 heteroatoms. The van der Waals surface area contributed by atoms with Gasteiger partial charge in [0.05, 0.1) is 11.2 Å². The molecule has 2 aliphatic rings. The van der Waals surface area contributed by atoms with Crippen LogP contribution in [0, 0.1) is 6.92 Å². The van der Waals surface area contributed by atoms with Crippen LogP contribution in [0.15, 0.2) is 24.3 Å². The number of amides is 1. The van der Waals surface area contributed by atoms with E-state index in [4.69, 9.17) is 9.47 Å². The standard InChI is InChI=1S/C24H34N4O3/c1-6-26-11-7-8-19(26)15-27(14-18-9-10-21-22(13-18)31-16-30-21)23(29)20-12-17(2)25-28(20)24(3,4)5/h9-10,12-13,19H,6-8,11,14-16H2,1-5H3/t19-/m0/s1. The molecule has 0 aliphatic carbocycles. The fraction of sp³-hybridized carbons (Fsp3) is 0.583. The molecule has 2 aliphatic heterocycles. The van der Waals surface area contributed by atoms with Crippen molar-refractivity contribution in [3.05, 3.63) is 41.2 Å². The van der Waals surface area contributed by atoms with E-state index in [0.717, 1.165) is 42.3 Å². The summed E-state index contributed by atoms with van der Waals surface area (Å²) in [5, 5.41) is 4.62. The van der Waals surface area contributed by atoms with Gasteiger partial charge in [0.15, 0.2) is 11.5 Å². The first-order valence-electron chi connectivity index (χ1n) is 11.2. The molecule has 1 saturated heterocycles. The number of fused-ring (bicyclic) bond motifs is 1. The van der Waals surface area contributed by atoms with Crippen molar-refractivity contribution in [3.8, 4) is 11.5 Å². The van der Waals surface area contributed by atoms with E-state index >= 15 is 0 Å². The van der Waals surface area contributed by atoms with Crippen molar-refractivity contribution in [1.82, 2.24) is 19.6 Å². The summed E-state index contributed by atoms with van der Waals surface area (Å²) in [6, 6.07) is 8.23. The van der Waals surface area contributed by atoms with E-state index in [0.29, 0.717) is 24.8 Å². The second-order valence-corrected chi connectivity index (χ2v) is 9.55. The van der Waals surface area contributed by atoms with Gasteiger partial charge in [-0.15, -0.1) is 0 Å². The number of benzene rings is 1. The lowest BCUT2D eigenvalue weighted by Crippen LogP contribution is -2.44. The van der Waals surface area contributed by atoms with E-state index in [1.54, 1.807) is 0 Å². The number of nitrogens with zero attached hydrogens (tertiary/aromatic N) is 4. The maximum Gasteiger partial charge on any atom is 0.272 e. The Morgan fingerprint density at radius 2 is 2.00 bits per heavy atom. The van der Waals surface area contributed by atoms with Crippen LogP contribution in [0.4, 0.5) is 0 Å². The van der Waals surface area contributed by atoms with Gasteiger partial charge in [-0.25, -0.2) is 0 Å². The Bertz CT molecular complexity index is 947. The van der Waals surface area contributed by atoms with Crippen molar-refractivity contribution in [2.45, 2.75) is 65.6 Å². The van der Waals surface area contributed by atoms with Crippen LogP contribution in [0.3, 0.4) is 0 Å². The highest BCUT2D eigenvalue weighted by molar-refractivity contribution is 5.93. The Morgan fingerprint density at radius 3 is 2.74 bits per heavy atom. The van der Waals surface area contributed by atoms with Gasteiger partial charge < -0.3 is 14.4 Å². The predicted molar refractivity (Wildman–Crippen MR) is 120 cm³/mol. The van der Waals surface area contributed by atoms with Gasteiger partial charge in [-0.05, 0) is 77.4 Å². The molecule has 3 heterocycles. The van der Waals surface area contributed by atoms with Gasteiger partial charge in [0.25, 0.3) is 5.91 Å². The first-order chi connectivity index (χ1) is 14.8. The molecule has 31 heavy (non-hydrogen) atoms. The van der Waals surface area contributed by atoms with Gasteiger partial charge in [0.2, 0.25) is 6.79 Å². The topological polar surface area (TPSA) is 59.8 Å². The molecule has 1 atom stereocenters. The third kappa shape index (κ3) is 4.56. The Morgan fingerprint density at radius 1 is 1.23 bits per heavy atom. The third-order valence-electron chi connectivity index (χ3n) is 6.12. The predicted octanol–water partition coefficient (Wildman–Crippen LogP) is 3.80. The zero-order valence-electron chi connectivity index (χ0n) is 19.4. The van der Waals surface area contributed by atoms with Crippen molar-refractivity contribution in [3.63, 3.8) is 0 Å². The number of ether oxygens (including phenoxy) is 2. The summed E-state index contributed by atoms with van der Waals surface area (Å²) >= 11 is 0. The molecule has 0 saturated carbocycles. The first kappa shape index (κ1) is 21.7. The van der Waals surface area contributed by atoms with Gasteiger partial charge in [-0.2, -0.15) is 5.10 Å². The number of likely N-dealkylation sites (tertiary alicyclic amines) is 1. The summed E-state index contributed by atoms with van der Waals surface area (Å²) in [7, 11) is 0. The van der Waals surface area contributed by atoms with E-state index < -0.39 is 0 Å². The second kappa shape index (κ2) is 8.54. The molecular weight excluding hydrogens is 392 g/mol. The molecule has 1 aromatic carbocycles. The number of aryl methyl sites for hydroxylation is 1. The molecular formula is C24H34N4O3. The zero-order chi connectivity index (χ0) is 22.2. The minimum absolute atomic E-state index is 0.0242. The summed E-state index contributed by atoms with van der Waals surface area (Å²) in [5.41, 5.74) is 2.27. The number of likely N-dealkylation sites (N-methyl/N-ethyl adjacent to an activating group) is 1. The van der Waals surface area contributed by atoms with E-state index in [1.807, 2.05) is 40.8 Å². The molecule has 1 amide bonds. The highest BCUT2D eigenvalue weighted by atomic mass is 16.7. The average Bonchev–Trinajstić information content (AvgIpc) is 3.45. The summed E-state index contributed by atoms with van der Waals surface area (Å²) in [6.07, 6.45) is 2.31. The number of carbonyl (C=O) groups is 1. The number of hydrogen-bond donors (Lipinski definition) is 0. The van der Waals surface area contributed by atoms with Crippen LogP contribution in [0.25, 0.3) is 0 Å². The molecule has 0 radical (unpaired) electrons. The first-order valence-corrected chi connectivity index (χ1v) is 11.2. The Labute approximate surface area is 184 Å². The smallest absolute Gasteiger partial charge is 0.272 e. The molecule has 1 aromatic heterocycles. The van der Waals surface area contributed by atoms with Crippen LogP contribution in [-0.4, -0.2) is 58.0 Å². The molecule has 1 fully saturated rings. The van der Waals surface area contributed by atoms with Crippen LogP contribution >= 0.6 is 0 Å². The summed E-state index contributed by atoms with van der Waals surface area (Å²) < 4.78 is 12.9. The fourth-order valence-electron chi connectivity index (χ4n) is 4.58. The Hall–Kier alpha value is -2.54. The van der Waals surface area contributed by atoms with E-state index in [1.165, 1.54) is 6.42 Å². The lowest BCUT2D eigenvalue weighted by molar-refractivity contribution is 0.0671. The van der Waals surface area contributed by atoms with Gasteiger partial charge in [0, 0.05) is 19.1 Å². The van der Waals surface area contributed by atoms with E-state index in [2.05, 4.69) is 37.7 Å². The highest BCUT2D eigenvalue weighted by Crippen LogP contribution is 2.33. The highest BCUT2D eigenvalue weighted by Gasteiger charge is 2.31. The molecule has 168 valence electrons. The minimum Gasteiger partial charge on any atom is -0.454 e. The van der Waals surface area contributed by atoms with E-state index in [9.17, 15) is 4.79 Å². The van der Waals surface area contributed by atoms with Crippen LogP contribution in [0.1, 0.15) is 62.3 Å². The van der Waals surface area contributed by atoms with Crippen LogP contribution < -0.4 is 9.47 Å². The Balaban J connectivity index is 1.64. The van der Waals surface area contributed by atoms with Crippen molar-refractivity contribution in [2.24, 2.45) is 0 Å². The molecule has 0 N–H and O–H groups in total. The maximum absolute atomic E-state index is 13.8. The van der Waals surface area contributed by atoms with Crippen LogP contribution in [0.2, 0.25) is 0 Å². The fourth-order valence-corrected chi connectivity index (χ4v) is 4.58. The number of aromatic nitrogens is 2. The average molecular weight is 427 g/mol. The van der Waals surface area contributed by atoms with Crippen molar-refractivity contribution < 1.29 is 14.3 Å². The number of hydrogen-bond acceptors (Lipinski definition) is 5. The quantitative estimate of drug-likeness (QED) is 0.703. The normalized spacial score (nSPS) is 18.5. The van der Waals surface area contributed by atoms with Crippen LogP contribution in [0.5, 0.6) is 11.5 Å². The van der Waals surface area contributed by atoms with E-state index in [-0.39, 0.29) is 18.2 Å². The zero-order valence-corrected chi connectivity index (χ0v) is 19.4. The largest absolute Gasteiger partial charge is 0.454 e. The lowest BCUT2D eigenvalue weighted by Gasteiger charge is -2.31. The maximum atomic E-state index is 13.8. The molecule has 2 aromatic rings. The number of carbonyl (C=O) groups excluding carboxylic acids is 1. The molecule has 0 unspecified atom stereocenters. The molecule has 0 bridgehead atoms. The number of rotatable bonds is 6. The lowest BCUT2D eigenvalue weighted by atomic mass is 10.1. The molecule has 0 spiro atoms. The third-order valence-corrected chi connectivity index (χ3v) is 6.12. The monoisotopic (exact) mass is 426 g/mol. The molecule has 7 nitrogen and oxygen atoms in total. The molecule has 4 rings (SSSR count). The summed E-state index contributed by atoms with van der Waals surface area (Å²) in [6.45, 7) is 14.0. The summed E-state index contributed by atoms with van der Waals surface area (Å²) in [4.78, 5) is 18.3.